The van der Waals surface area contributed by atoms with Gasteiger partial charge in [-0.25, -0.2) is 4.79 Å². The van der Waals surface area contributed by atoms with Crippen LogP contribution in [0.2, 0.25) is 0 Å². The highest BCUT2D eigenvalue weighted by Gasteiger charge is 2.19. The second-order valence-corrected chi connectivity index (χ2v) is 4.39. The first-order valence-corrected chi connectivity index (χ1v) is 5.83. The van der Waals surface area contributed by atoms with Crippen LogP contribution in [0.1, 0.15) is 25.7 Å². The van der Waals surface area contributed by atoms with Crippen molar-refractivity contribution in [1.29, 1.82) is 0 Å². The number of nitrogens with zero attached hydrogens (tertiary/aromatic N) is 4. The molecule has 1 N–H and O–H groups in total. The zero-order valence-corrected chi connectivity index (χ0v) is 11.5. The van der Waals surface area contributed by atoms with Gasteiger partial charge >= 0.3 is 6.03 Å². The van der Waals surface area contributed by atoms with Gasteiger partial charge in [0.25, 0.3) is 0 Å². The van der Waals surface area contributed by atoms with E-state index in [2.05, 4.69) is 15.5 Å². The first-order chi connectivity index (χ1) is 8.47. The van der Waals surface area contributed by atoms with Crippen molar-refractivity contribution in [3.05, 3.63) is 12.2 Å². The first-order valence-electron chi connectivity index (χ1n) is 5.83. The van der Waals surface area contributed by atoms with Crippen LogP contribution in [0.25, 0.3) is 0 Å². The predicted octanol–water partition coefficient (Wildman–Crippen LogP) is 0.552. The average molecular weight is 255 g/mol. The fourth-order valence-electron chi connectivity index (χ4n) is 1.59. The summed E-state index contributed by atoms with van der Waals surface area (Å²) in [7, 11) is 5.20. The smallest absolute Gasteiger partial charge is 0.318 e. The molecule has 0 bridgehead atoms. The minimum absolute atomic E-state index is 0.0155. The molecule has 1 rings (SSSR count). The number of rotatable bonds is 5. The molecule has 0 aliphatic rings. The van der Waals surface area contributed by atoms with E-state index in [9.17, 15) is 4.79 Å². The number of aryl methyl sites for hydroxylation is 1. The van der Waals surface area contributed by atoms with E-state index in [0.29, 0.717) is 6.61 Å². The summed E-state index contributed by atoms with van der Waals surface area (Å²) in [5.41, 5.74) is 0. The molecule has 1 aromatic rings. The average Bonchev–Trinajstić information content (AvgIpc) is 2.74. The van der Waals surface area contributed by atoms with Crippen molar-refractivity contribution in [3.63, 3.8) is 0 Å². The molecule has 0 saturated heterocycles. The Morgan fingerprint density at radius 3 is 2.78 bits per heavy atom. The number of hydrogen-bond acceptors (Lipinski definition) is 4. The van der Waals surface area contributed by atoms with Crippen LogP contribution >= 0.6 is 0 Å². The zero-order valence-electron chi connectivity index (χ0n) is 11.5. The second kappa shape index (κ2) is 6.34. The van der Waals surface area contributed by atoms with Crippen molar-refractivity contribution in [1.82, 2.24) is 25.0 Å². The van der Waals surface area contributed by atoms with E-state index in [1.165, 1.54) is 0 Å². The third-order valence-corrected chi connectivity index (χ3v) is 2.86. The number of carbonyl (C=O) groups excluding carboxylic acids is 1. The van der Waals surface area contributed by atoms with Crippen LogP contribution in [0, 0.1) is 0 Å². The van der Waals surface area contributed by atoms with E-state index in [4.69, 9.17) is 4.74 Å². The van der Waals surface area contributed by atoms with Gasteiger partial charge in [-0.3, -0.25) is 0 Å². The summed E-state index contributed by atoms with van der Waals surface area (Å²) in [5.74, 6) is 0.719. The lowest BCUT2D eigenvalue weighted by atomic mass is 10.3. The number of urea groups is 1. The summed E-state index contributed by atoms with van der Waals surface area (Å²) in [6.45, 7) is 4.30. The second-order valence-electron chi connectivity index (χ2n) is 4.39. The van der Waals surface area contributed by atoms with Crippen molar-refractivity contribution in [2.24, 2.45) is 7.05 Å². The van der Waals surface area contributed by atoms with Gasteiger partial charge in [0.05, 0.1) is 18.7 Å². The Balaban J connectivity index is 2.57. The van der Waals surface area contributed by atoms with E-state index in [0.717, 1.165) is 5.82 Å². The quantitative estimate of drug-likeness (QED) is 0.834. The van der Waals surface area contributed by atoms with Crippen molar-refractivity contribution in [2.45, 2.75) is 25.9 Å². The summed E-state index contributed by atoms with van der Waals surface area (Å²) in [6, 6.07) is -0.334. The molecule has 7 nitrogen and oxygen atoms in total. The van der Waals surface area contributed by atoms with Crippen molar-refractivity contribution >= 4 is 6.03 Å². The van der Waals surface area contributed by atoms with Crippen molar-refractivity contribution < 1.29 is 9.53 Å². The lowest BCUT2D eigenvalue weighted by molar-refractivity contribution is 0.122. The van der Waals surface area contributed by atoms with E-state index in [1.54, 1.807) is 30.0 Å². The summed E-state index contributed by atoms with van der Waals surface area (Å²) in [5, 5.41) is 10.6. The largest absolute Gasteiger partial charge is 0.383 e. The van der Waals surface area contributed by atoms with Crippen LogP contribution in [-0.2, 0) is 11.8 Å². The number of aromatic nitrogens is 3. The van der Waals surface area contributed by atoms with Crippen LogP contribution in [0.3, 0.4) is 0 Å². The molecule has 2 amide bonds. The van der Waals surface area contributed by atoms with Crippen LogP contribution < -0.4 is 5.32 Å². The standard InChI is InChI=1S/C11H21N5O2/c1-8(6-18-5)16(4)11(17)13-9(2)10-14-12-7-15(10)3/h7-9H,6H2,1-5H3,(H,13,17)/t8-,9-/m1/s1. The van der Waals surface area contributed by atoms with Gasteiger partial charge in [0, 0.05) is 21.2 Å². The lowest BCUT2D eigenvalue weighted by Gasteiger charge is -2.26. The van der Waals surface area contributed by atoms with Gasteiger partial charge in [-0.2, -0.15) is 0 Å². The van der Waals surface area contributed by atoms with E-state index < -0.39 is 0 Å². The van der Waals surface area contributed by atoms with Gasteiger partial charge in [0.15, 0.2) is 5.82 Å². The van der Waals surface area contributed by atoms with Gasteiger partial charge in [-0.05, 0) is 13.8 Å². The summed E-state index contributed by atoms with van der Waals surface area (Å²) in [4.78, 5) is 13.6. The Morgan fingerprint density at radius 2 is 2.28 bits per heavy atom. The maximum absolute atomic E-state index is 12.0. The molecular formula is C11H21N5O2. The third kappa shape index (κ3) is 3.43. The Morgan fingerprint density at radius 1 is 1.61 bits per heavy atom. The van der Waals surface area contributed by atoms with E-state index in [1.807, 2.05) is 20.9 Å². The SMILES string of the molecule is COC[C@@H](C)N(C)C(=O)N[C@H](C)c1nncn1C. The van der Waals surface area contributed by atoms with Gasteiger partial charge in [-0.1, -0.05) is 0 Å². The van der Waals surface area contributed by atoms with Crippen LogP contribution in [-0.4, -0.2) is 52.5 Å². The Hall–Kier alpha value is -1.63. The molecule has 102 valence electrons. The molecule has 0 radical (unpaired) electrons. The Kier molecular flexibility index (Phi) is 5.08. The Bertz CT molecular complexity index is 393. The molecular weight excluding hydrogens is 234 g/mol. The third-order valence-electron chi connectivity index (χ3n) is 2.86. The molecule has 0 unspecified atom stereocenters. The van der Waals surface area contributed by atoms with Gasteiger partial charge in [-0.15, -0.1) is 10.2 Å². The molecule has 0 spiro atoms. The van der Waals surface area contributed by atoms with Crippen LogP contribution in [0.15, 0.2) is 6.33 Å². The number of methoxy groups -OCH3 is 1. The predicted molar refractivity (Wildman–Crippen MR) is 67.1 cm³/mol. The lowest BCUT2D eigenvalue weighted by Crippen LogP contribution is -2.45. The highest BCUT2D eigenvalue weighted by molar-refractivity contribution is 5.74. The van der Waals surface area contributed by atoms with Crippen LogP contribution in [0.5, 0.6) is 0 Å². The molecule has 0 aliphatic carbocycles. The maximum Gasteiger partial charge on any atom is 0.318 e. The molecule has 0 aromatic carbocycles. The molecule has 0 aliphatic heterocycles. The molecule has 0 saturated carbocycles. The fourth-order valence-corrected chi connectivity index (χ4v) is 1.59. The number of nitrogens with one attached hydrogen (secondary N) is 1. The molecule has 2 atom stereocenters. The first kappa shape index (κ1) is 14.4. The zero-order chi connectivity index (χ0) is 13.7. The Labute approximate surface area is 107 Å². The number of carbonyl (C=O) groups is 1. The number of hydrogen-bond donors (Lipinski definition) is 1. The van der Waals surface area contributed by atoms with Crippen molar-refractivity contribution in [3.8, 4) is 0 Å². The van der Waals surface area contributed by atoms with Gasteiger partial charge in [0.2, 0.25) is 0 Å². The number of likely N-dealkylation sites (N-methyl/N-ethyl adjacent to an activating group) is 1. The van der Waals surface area contributed by atoms with Gasteiger partial charge in [0.1, 0.15) is 6.33 Å². The fraction of sp³-hybridized carbons (Fsp3) is 0.727. The topological polar surface area (TPSA) is 72.3 Å². The maximum atomic E-state index is 12.0. The minimum atomic E-state index is -0.192. The molecule has 1 aromatic heterocycles. The minimum Gasteiger partial charge on any atom is -0.383 e. The molecule has 0 fully saturated rings. The summed E-state index contributed by atoms with van der Waals surface area (Å²) >= 11 is 0. The number of ether oxygens (including phenoxy) is 1. The normalized spacial score (nSPS) is 14.1. The van der Waals surface area contributed by atoms with E-state index in [-0.39, 0.29) is 18.1 Å². The highest BCUT2D eigenvalue weighted by atomic mass is 16.5. The highest BCUT2D eigenvalue weighted by Crippen LogP contribution is 2.08. The molecule has 1 heterocycles. The van der Waals surface area contributed by atoms with Crippen molar-refractivity contribution in [2.75, 3.05) is 20.8 Å². The summed E-state index contributed by atoms with van der Waals surface area (Å²) < 4.78 is 6.80. The number of amides is 2. The molecule has 7 heteroatoms. The van der Waals surface area contributed by atoms with Gasteiger partial charge < -0.3 is 19.5 Å². The van der Waals surface area contributed by atoms with E-state index >= 15 is 0 Å². The van der Waals surface area contributed by atoms with Crippen LogP contribution in [0.4, 0.5) is 4.79 Å². The summed E-state index contributed by atoms with van der Waals surface area (Å²) in [6.07, 6.45) is 1.61. The molecule has 18 heavy (non-hydrogen) atoms. The monoisotopic (exact) mass is 255 g/mol.